The monoisotopic (exact) mass is 443 g/mol. The third-order valence-corrected chi connectivity index (χ3v) is 6.77. The molecule has 0 radical (unpaired) electrons. The van der Waals surface area contributed by atoms with Crippen LogP contribution >= 0.6 is 11.8 Å². The summed E-state index contributed by atoms with van der Waals surface area (Å²) < 4.78 is 1.91. The molecule has 0 saturated heterocycles. The molecule has 3 rings (SSSR count). The third kappa shape index (κ3) is 6.32. The van der Waals surface area contributed by atoms with Crippen molar-refractivity contribution in [3.05, 3.63) is 35.2 Å². The third-order valence-electron chi connectivity index (χ3n) is 5.69. The number of hydrogen-bond donors (Lipinski definition) is 2. The van der Waals surface area contributed by atoms with Crippen molar-refractivity contribution in [1.29, 1.82) is 0 Å². The first-order chi connectivity index (χ1) is 14.9. The van der Waals surface area contributed by atoms with Gasteiger partial charge in [-0.25, -0.2) is 0 Å². The van der Waals surface area contributed by atoms with Crippen LogP contribution < -0.4 is 10.6 Å². The molecule has 7 nitrogen and oxygen atoms in total. The van der Waals surface area contributed by atoms with Crippen LogP contribution in [0.5, 0.6) is 0 Å². The van der Waals surface area contributed by atoms with Crippen molar-refractivity contribution in [2.45, 2.75) is 89.2 Å². The highest BCUT2D eigenvalue weighted by Gasteiger charge is 2.23. The molecule has 1 atom stereocenters. The van der Waals surface area contributed by atoms with E-state index in [0.29, 0.717) is 17.5 Å². The topological polar surface area (TPSA) is 88.9 Å². The zero-order valence-corrected chi connectivity index (χ0v) is 19.7. The summed E-state index contributed by atoms with van der Waals surface area (Å²) in [5, 5.41) is 15.0. The summed E-state index contributed by atoms with van der Waals surface area (Å²) in [7, 11) is 0. The fraction of sp³-hybridized carbons (Fsp3) is 0.565. The van der Waals surface area contributed by atoms with E-state index < -0.39 is 0 Å². The Kier molecular flexibility index (Phi) is 8.12. The van der Waals surface area contributed by atoms with Crippen LogP contribution in [0, 0.1) is 13.8 Å². The molecule has 0 bridgehead atoms. The van der Waals surface area contributed by atoms with Crippen molar-refractivity contribution in [2.75, 3.05) is 5.32 Å². The molecule has 168 valence electrons. The van der Waals surface area contributed by atoms with Gasteiger partial charge in [0.05, 0.1) is 11.7 Å². The SMILES string of the molecule is CCn1c(CC(=O)Nc2ccc(C)cc2C)nnc1S[C@H](C)C(=O)NC1CCCCC1. The Balaban J connectivity index is 1.60. The lowest BCUT2D eigenvalue weighted by Crippen LogP contribution is -2.40. The van der Waals surface area contributed by atoms with E-state index in [2.05, 4.69) is 20.8 Å². The second kappa shape index (κ2) is 10.8. The maximum Gasteiger partial charge on any atom is 0.233 e. The Morgan fingerprint density at radius 3 is 2.61 bits per heavy atom. The highest BCUT2D eigenvalue weighted by Crippen LogP contribution is 2.24. The van der Waals surface area contributed by atoms with Crippen LogP contribution in [-0.4, -0.2) is 37.9 Å². The van der Waals surface area contributed by atoms with Gasteiger partial charge in [-0.05, 0) is 52.2 Å². The van der Waals surface area contributed by atoms with E-state index in [9.17, 15) is 9.59 Å². The molecule has 1 heterocycles. The van der Waals surface area contributed by atoms with Crippen molar-refractivity contribution in [2.24, 2.45) is 0 Å². The molecular weight excluding hydrogens is 410 g/mol. The molecule has 1 aliphatic carbocycles. The maximum absolute atomic E-state index is 12.6. The number of anilines is 1. The van der Waals surface area contributed by atoms with E-state index >= 15 is 0 Å². The van der Waals surface area contributed by atoms with E-state index in [-0.39, 0.29) is 29.5 Å². The van der Waals surface area contributed by atoms with E-state index in [4.69, 9.17) is 0 Å². The van der Waals surface area contributed by atoms with Gasteiger partial charge in [0.25, 0.3) is 0 Å². The van der Waals surface area contributed by atoms with E-state index in [1.165, 1.54) is 31.0 Å². The van der Waals surface area contributed by atoms with Crippen molar-refractivity contribution >= 4 is 29.3 Å². The van der Waals surface area contributed by atoms with Gasteiger partial charge in [-0.15, -0.1) is 10.2 Å². The second-order valence-corrected chi connectivity index (χ2v) is 9.60. The largest absolute Gasteiger partial charge is 0.352 e. The molecule has 1 fully saturated rings. The Bertz CT molecular complexity index is 921. The minimum Gasteiger partial charge on any atom is -0.352 e. The van der Waals surface area contributed by atoms with Crippen LogP contribution in [0.25, 0.3) is 0 Å². The summed E-state index contributed by atoms with van der Waals surface area (Å²) in [6.45, 7) is 8.53. The summed E-state index contributed by atoms with van der Waals surface area (Å²) in [6.07, 6.45) is 5.89. The molecule has 0 spiro atoms. The molecule has 31 heavy (non-hydrogen) atoms. The van der Waals surface area contributed by atoms with Crippen molar-refractivity contribution in [3.63, 3.8) is 0 Å². The zero-order valence-electron chi connectivity index (χ0n) is 18.9. The quantitative estimate of drug-likeness (QED) is 0.602. The van der Waals surface area contributed by atoms with Gasteiger partial charge in [0, 0.05) is 18.3 Å². The number of aromatic nitrogens is 3. The van der Waals surface area contributed by atoms with Gasteiger partial charge < -0.3 is 15.2 Å². The van der Waals surface area contributed by atoms with Crippen molar-refractivity contribution < 1.29 is 9.59 Å². The molecule has 1 saturated carbocycles. The molecular formula is C23H33N5O2S. The second-order valence-electron chi connectivity index (χ2n) is 8.29. The highest BCUT2D eigenvalue weighted by molar-refractivity contribution is 8.00. The number of rotatable bonds is 8. The molecule has 1 aliphatic rings. The van der Waals surface area contributed by atoms with Crippen LogP contribution in [0.1, 0.15) is 62.9 Å². The smallest absolute Gasteiger partial charge is 0.233 e. The number of aryl methyl sites for hydroxylation is 2. The average Bonchev–Trinajstić information content (AvgIpc) is 3.11. The average molecular weight is 444 g/mol. The Labute approximate surface area is 188 Å². The summed E-state index contributed by atoms with van der Waals surface area (Å²) >= 11 is 1.39. The Morgan fingerprint density at radius 2 is 1.94 bits per heavy atom. The first-order valence-electron chi connectivity index (χ1n) is 11.1. The van der Waals surface area contributed by atoms with Crippen LogP contribution in [-0.2, 0) is 22.6 Å². The first-order valence-corrected chi connectivity index (χ1v) is 12.0. The minimum atomic E-state index is -0.270. The first kappa shape index (κ1) is 23.3. The maximum atomic E-state index is 12.6. The standard InChI is InChI=1S/C23H33N5O2S/c1-5-28-20(14-21(29)25-19-12-11-15(2)13-16(19)3)26-27-23(28)31-17(4)22(30)24-18-9-7-6-8-10-18/h11-13,17-18H,5-10,14H2,1-4H3,(H,24,30)(H,25,29)/t17-/m1/s1. The molecule has 2 N–H and O–H groups in total. The van der Waals surface area contributed by atoms with Gasteiger partial charge in [-0.1, -0.05) is 48.7 Å². The predicted octanol–water partition coefficient (Wildman–Crippen LogP) is 4.03. The Hall–Kier alpha value is -2.35. The van der Waals surface area contributed by atoms with E-state index in [1.54, 1.807) is 0 Å². The lowest BCUT2D eigenvalue weighted by Gasteiger charge is -2.24. The van der Waals surface area contributed by atoms with Gasteiger partial charge in [-0.2, -0.15) is 0 Å². The van der Waals surface area contributed by atoms with Gasteiger partial charge >= 0.3 is 0 Å². The van der Waals surface area contributed by atoms with Gasteiger partial charge in [0.15, 0.2) is 5.16 Å². The number of thioether (sulfide) groups is 1. The summed E-state index contributed by atoms with van der Waals surface area (Å²) in [6, 6.07) is 6.23. The molecule has 2 amide bonds. The number of amides is 2. The predicted molar refractivity (Wildman–Crippen MR) is 124 cm³/mol. The molecule has 0 aliphatic heterocycles. The lowest BCUT2D eigenvalue weighted by atomic mass is 9.95. The fourth-order valence-electron chi connectivity index (χ4n) is 3.92. The van der Waals surface area contributed by atoms with E-state index in [0.717, 1.165) is 29.7 Å². The van der Waals surface area contributed by atoms with E-state index in [1.807, 2.05) is 50.5 Å². The number of nitrogens with one attached hydrogen (secondary N) is 2. The summed E-state index contributed by atoms with van der Waals surface area (Å²) in [5.41, 5.74) is 2.99. The van der Waals surface area contributed by atoms with Crippen LogP contribution in [0.3, 0.4) is 0 Å². The minimum absolute atomic E-state index is 0.0386. The number of carbonyl (C=O) groups is 2. The fourth-order valence-corrected chi connectivity index (χ4v) is 4.86. The molecule has 1 aromatic heterocycles. The molecule has 1 aromatic carbocycles. The molecule has 2 aromatic rings. The van der Waals surface area contributed by atoms with Crippen molar-refractivity contribution in [1.82, 2.24) is 20.1 Å². The van der Waals surface area contributed by atoms with Crippen LogP contribution in [0.15, 0.2) is 23.4 Å². The zero-order chi connectivity index (χ0) is 22.4. The Morgan fingerprint density at radius 1 is 1.19 bits per heavy atom. The van der Waals surface area contributed by atoms with Gasteiger partial charge in [-0.3, -0.25) is 9.59 Å². The number of benzene rings is 1. The normalized spacial score (nSPS) is 15.5. The highest BCUT2D eigenvalue weighted by atomic mass is 32.2. The van der Waals surface area contributed by atoms with Crippen LogP contribution in [0.4, 0.5) is 5.69 Å². The van der Waals surface area contributed by atoms with Gasteiger partial charge in [0.2, 0.25) is 11.8 Å². The summed E-state index contributed by atoms with van der Waals surface area (Å²) in [5.74, 6) is 0.512. The number of carbonyl (C=O) groups excluding carboxylic acids is 2. The number of nitrogens with zero attached hydrogens (tertiary/aromatic N) is 3. The lowest BCUT2D eigenvalue weighted by molar-refractivity contribution is -0.121. The molecule has 0 unspecified atom stereocenters. The van der Waals surface area contributed by atoms with Crippen molar-refractivity contribution in [3.8, 4) is 0 Å². The number of hydrogen-bond acceptors (Lipinski definition) is 5. The summed E-state index contributed by atoms with van der Waals surface area (Å²) in [4.78, 5) is 25.2. The van der Waals surface area contributed by atoms with Crippen LogP contribution in [0.2, 0.25) is 0 Å². The van der Waals surface area contributed by atoms with Gasteiger partial charge in [0.1, 0.15) is 5.82 Å². The molecule has 8 heteroatoms.